The number of amides is 1. The van der Waals surface area contributed by atoms with Crippen LogP contribution in [0.1, 0.15) is 22.5 Å². The molecule has 0 atom stereocenters. The third-order valence-corrected chi connectivity index (χ3v) is 4.41. The van der Waals surface area contributed by atoms with Gasteiger partial charge in [0.25, 0.3) is 0 Å². The van der Waals surface area contributed by atoms with Crippen molar-refractivity contribution in [3.63, 3.8) is 0 Å². The molecule has 27 heavy (non-hydrogen) atoms. The second-order valence-corrected chi connectivity index (χ2v) is 5.97. The van der Waals surface area contributed by atoms with Crippen molar-refractivity contribution in [1.82, 2.24) is 9.38 Å². The van der Waals surface area contributed by atoms with Crippen molar-refractivity contribution >= 4 is 23.1 Å². The van der Waals surface area contributed by atoms with Crippen LogP contribution in [0.25, 0.3) is 5.65 Å². The first kappa shape index (κ1) is 23.7. The Morgan fingerprint density at radius 3 is 2.56 bits per heavy atom. The second kappa shape index (κ2) is 10.3. The zero-order chi connectivity index (χ0) is 18.0. The van der Waals surface area contributed by atoms with E-state index in [4.69, 9.17) is 4.74 Å². The van der Waals surface area contributed by atoms with E-state index in [0.29, 0.717) is 6.54 Å². The molecular formula is C19H22IN4NaO2. The molecule has 2 heterocycles. The fourth-order valence-corrected chi connectivity index (χ4v) is 2.84. The largest absolute Gasteiger partial charge is 1.00 e. The van der Waals surface area contributed by atoms with E-state index in [-0.39, 0.29) is 53.5 Å². The number of ether oxygens (including phenoxy) is 1. The second-order valence-electron chi connectivity index (χ2n) is 5.97. The average Bonchev–Trinajstić information content (AvgIpc) is 2.89. The molecule has 1 aromatic carbocycles. The van der Waals surface area contributed by atoms with Crippen LogP contribution in [0.4, 0.5) is 16.2 Å². The Bertz CT molecular complexity index is 943. The fourth-order valence-electron chi connectivity index (χ4n) is 2.84. The van der Waals surface area contributed by atoms with Gasteiger partial charge in [-0.3, -0.25) is 5.32 Å². The van der Waals surface area contributed by atoms with E-state index in [1.165, 1.54) is 7.11 Å². The number of benzene rings is 1. The number of nitrogens with one attached hydrogen (secondary N) is 2. The quantitative estimate of drug-likeness (QED) is 0.332. The summed E-state index contributed by atoms with van der Waals surface area (Å²) in [6, 6.07) is 9.79. The number of anilines is 2. The number of nitrogens with zero attached hydrogens (tertiary/aromatic N) is 2. The van der Waals surface area contributed by atoms with E-state index in [0.717, 1.165) is 39.5 Å². The van der Waals surface area contributed by atoms with Crippen molar-refractivity contribution in [2.24, 2.45) is 0 Å². The first-order chi connectivity index (χ1) is 12.0. The van der Waals surface area contributed by atoms with Gasteiger partial charge in [0.1, 0.15) is 0 Å². The number of hydrogen-bond donors (Lipinski definition) is 2. The standard InChI is InChI=1S/C19H22N4O2.HI.Na/c1-12-7-5-8-16(22-19(24)25-4)15(12)11-20-17-9-6-10-23-14(3)13(2)21-18(17)23;;/h5-10,20H,11H2,1-4H3,(H,22,24);1H;/q;;+1/p-1. The Kier molecular flexibility index (Phi) is 9.07. The maximum absolute atomic E-state index is 11.6. The normalized spacial score (nSPS) is 9.93. The van der Waals surface area contributed by atoms with Gasteiger partial charge < -0.3 is 38.4 Å². The molecule has 0 saturated carbocycles. The van der Waals surface area contributed by atoms with Crippen LogP contribution in [0.3, 0.4) is 0 Å². The molecule has 8 heteroatoms. The van der Waals surface area contributed by atoms with Crippen LogP contribution in [0.2, 0.25) is 0 Å². The zero-order valence-electron chi connectivity index (χ0n) is 16.3. The van der Waals surface area contributed by atoms with Crippen LogP contribution >= 0.6 is 0 Å². The zero-order valence-corrected chi connectivity index (χ0v) is 20.4. The van der Waals surface area contributed by atoms with Crippen molar-refractivity contribution in [3.8, 4) is 0 Å². The molecule has 0 spiro atoms. The summed E-state index contributed by atoms with van der Waals surface area (Å²) in [6.45, 7) is 6.64. The first-order valence-corrected chi connectivity index (χ1v) is 8.13. The SMILES string of the molecule is COC(=O)Nc1cccc(C)c1CNc1cccn2c(C)c(C)nc12.[I-].[Na+]. The molecule has 0 radical (unpaired) electrons. The molecule has 0 unspecified atom stereocenters. The van der Waals surface area contributed by atoms with Gasteiger partial charge in [0, 0.05) is 24.1 Å². The van der Waals surface area contributed by atoms with E-state index < -0.39 is 6.09 Å². The summed E-state index contributed by atoms with van der Waals surface area (Å²) in [7, 11) is 1.35. The number of carbonyl (C=O) groups excluding carboxylic acids is 1. The van der Waals surface area contributed by atoms with Crippen molar-refractivity contribution in [2.45, 2.75) is 27.3 Å². The molecule has 0 aliphatic heterocycles. The number of pyridine rings is 1. The van der Waals surface area contributed by atoms with E-state index >= 15 is 0 Å². The molecule has 2 N–H and O–H groups in total. The van der Waals surface area contributed by atoms with E-state index in [2.05, 4.69) is 26.9 Å². The summed E-state index contributed by atoms with van der Waals surface area (Å²) < 4.78 is 6.77. The Labute approximate surface area is 198 Å². The van der Waals surface area contributed by atoms with Crippen LogP contribution in [-0.2, 0) is 11.3 Å². The third kappa shape index (κ3) is 5.16. The van der Waals surface area contributed by atoms with Gasteiger partial charge in [-0.2, -0.15) is 0 Å². The number of halogens is 1. The number of carbonyl (C=O) groups is 1. The molecule has 0 saturated heterocycles. The molecule has 0 fully saturated rings. The predicted octanol–water partition coefficient (Wildman–Crippen LogP) is -1.94. The Morgan fingerprint density at radius 1 is 1.15 bits per heavy atom. The van der Waals surface area contributed by atoms with Crippen LogP contribution in [0, 0.1) is 20.8 Å². The van der Waals surface area contributed by atoms with Gasteiger partial charge in [0.2, 0.25) is 0 Å². The van der Waals surface area contributed by atoms with Gasteiger partial charge in [0.05, 0.1) is 18.5 Å². The van der Waals surface area contributed by atoms with Gasteiger partial charge in [-0.05, 0) is 50.1 Å². The molecule has 6 nitrogen and oxygen atoms in total. The number of imidazole rings is 1. The molecule has 138 valence electrons. The molecule has 0 aliphatic rings. The molecule has 3 rings (SSSR count). The van der Waals surface area contributed by atoms with E-state index in [9.17, 15) is 4.79 Å². The van der Waals surface area contributed by atoms with Gasteiger partial charge in [-0.15, -0.1) is 0 Å². The van der Waals surface area contributed by atoms with Crippen LogP contribution in [-0.4, -0.2) is 22.6 Å². The molecule has 1 amide bonds. The third-order valence-electron chi connectivity index (χ3n) is 4.41. The van der Waals surface area contributed by atoms with Gasteiger partial charge in [-0.1, -0.05) is 12.1 Å². The van der Waals surface area contributed by atoms with Crippen molar-refractivity contribution in [2.75, 3.05) is 17.7 Å². The smallest absolute Gasteiger partial charge is 1.00 e. The number of fused-ring (bicyclic) bond motifs is 1. The number of aryl methyl sites for hydroxylation is 3. The summed E-state index contributed by atoms with van der Waals surface area (Å²) >= 11 is 0. The van der Waals surface area contributed by atoms with Gasteiger partial charge >= 0.3 is 35.7 Å². The molecule has 2 aromatic heterocycles. The molecule has 0 aliphatic carbocycles. The fraction of sp³-hybridized carbons (Fsp3) is 0.263. The minimum atomic E-state index is -0.478. The maximum atomic E-state index is 11.6. The van der Waals surface area contributed by atoms with Gasteiger partial charge in [0.15, 0.2) is 5.65 Å². The van der Waals surface area contributed by atoms with E-state index in [1.54, 1.807) is 0 Å². The van der Waals surface area contributed by atoms with Gasteiger partial charge in [-0.25, -0.2) is 9.78 Å². The van der Waals surface area contributed by atoms with Crippen molar-refractivity contribution in [3.05, 3.63) is 59.0 Å². The monoisotopic (exact) mass is 488 g/mol. The topological polar surface area (TPSA) is 67.7 Å². The minimum absolute atomic E-state index is 0. The molecular weight excluding hydrogens is 466 g/mol. The summed E-state index contributed by atoms with van der Waals surface area (Å²) in [4.78, 5) is 16.2. The Morgan fingerprint density at radius 2 is 1.85 bits per heavy atom. The summed E-state index contributed by atoms with van der Waals surface area (Å²) in [5.41, 5.74) is 6.82. The number of aromatic nitrogens is 2. The number of rotatable bonds is 4. The number of hydrogen-bond acceptors (Lipinski definition) is 4. The minimum Gasteiger partial charge on any atom is -1.00 e. The summed E-state index contributed by atoms with van der Waals surface area (Å²) in [5.74, 6) is 0. The molecule has 0 bridgehead atoms. The Balaban J connectivity index is 0.00000182. The van der Waals surface area contributed by atoms with Crippen molar-refractivity contribution in [1.29, 1.82) is 0 Å². The maximum Gasteiger partial charge on any atom is 1.00 e. The van der Waals surface area contributed by atoms with Crippen LogP contribution < -0.4 is 64.2 Å². The number of methoxy groups -OCH3 is 1. The summed E-state index contributed by atoms with van der Waals surface area (Å²) in [6.07, 6.45) is 1.53. The first-order valence-electron chi connectivity index (χ1n) is 8.13. The summed E-state index contributed by atoms with van der Waals surface area (Å²) in [5, 5.41) is 6.21. The average molecular weight is 488 g/mol. The Hall–Kier alpha value is -1.29. The van der Waals surface area contributed by atoms with Crippen LogP contribution in [0.15, 0.2) is 36.5 Å². The van der Waals surface area contributed by atoms with Crippen molar-refractivity contribution < 1.29 is 63.1 Å². The van der Waals surface area contributed by atoms with E-state index in [1.807, 2.05) is 50.4 Å². The molecule has 3 aromatic rings. The predicted molar refractivity (Wildman–Crippen MR) is 99.2 cm³/mol. The van der Waals surface area contributed by atoms with Crippen LogP contribution in [0.5, 0.6) is 0 Å².